The molecule has 106 heavy (non-hydrogen) atoms. The molecule has 3 fully saturated rings. The third-order valence-corrected chi connectivity index (χ3v) is 19.0. The molecule has 33 heteroatoms. The second-order valence-electron chi connectivity index (χ2n) is 24.2. The lowest BCUT2D eigenvalue weighted by atomic mass is 10.0. The molecule has 0 bridgehead atoms. The molecule has 6 amide bonds. The number of amides is 6. The Bertz CT molecular complexity index is 5480. The Hall–Kier alpha value is -12.7. The van der Waals surface area contributed by atoms with Gasteiger partial charge in [0.15, 0.2) is 9.84 Å². The lowest BCUT2D eigenvalue weighted by molar-refractivity contribution is 0.255. The first-order chi connectivity index (χ1) is 50.9. The number of benzene rings is 6. The number of nitrogens with zero attached hydrogens (tertiary/aromatic N) is 18. The van der Waals surface area contributed by atoms with Crippen molar-refractivity contribution >= 4 is 91.5 Å². The predicted octanol–water partition coefficient (Wildman–Crippen LogP) is 12.9. The van der Waals surface area contributed by atoms with Crippen molar-refractivity contribution in [3.63, 3.8) is 0 Å². The Labute approximate surface area is 608 Å². The minimum atomic E-state index is -3.36. The van der Waals surface area contributed by atoms with Gasteiger partial charge in [-0.15, -0.1) is 0 Å². The molecule has 12 aromatic rings. The van der Waals surface area contributed by atoms with Crippen LogP contribution in [-0.4, -0.2) is 131 Å². The molecule has 0 saturated carbocycles. The van der Waals surface area contributed by atoms with Gasteiger partial charge in [0.1, 0.15) is 46.2 Å². The standard InChI is InChI=1S/C25H24FN7O3S.C24H20ClF2N7O.C24H21F2N7O/c1-3-31-15-19(23(30-31)21-10-11-28-24(27)29-21)16-4-9-20(26)22(14-16)33-13-12-32(25(33)34)17-5-7-18(8-6-17)37(2,35)36;1-2-32-13-16(22(31-32)20-7-8-29-23(28)30-20)14-3-5-19(27)21(11-14)34-10-9-33(24(34)35)15-4-6-18(26)17(25)12-15;1-2-31-14-18(22(30-31)20-9-10-28-23(27)29-20)15-3-8-19(26)21(13-15)33-12-11-32(24(33)34)17-6-4-16(25)5-7-17/h4-11,14-15H,3,12-13H2,1-2H3,(H2,27,28,29);3-8,11-13H,2,9-10H2,1H3,(H2,28,29,30);3-10,13-14H,2,11-12H2,1H3,(H2,27,28,29). The van der Waals surface area contributed by atoms with Crippen molar-refractivity contribution in [3.8, 4) is 67.5 Å². The first kappa shape index (κ1) is 71.7. The zero-order valence-electron chi connectivity index (χ0n) is 57.1. The topological polar surface area (TPSA) is 314 Å². The van der Waals surface area contributed by atoms with E-state index in [1.807, 2.05) is 39.4 Å². The van der Waals surface area contributed by atoms with E-state index in [4.69, 9.17) is 28.8 Å². The maximum Gasteiger partial charge on any atom is 0.329 e. The smallest absolute Gasteiger partial charge is 0.329 e. The van der Waals surface area contributed by atoms with Gasteiger partial charge in [-0.2, -0.15) is 15.3 Å². The number of carbonyl (C=O) groups excluding carboxylic acids is 3. The number of halogens is 6. The molecular formula is C73H65ClF5N21O5S. The molecule has 15 rings (SSSR count). The van der Waals surface area contributed by atoms with Gasteiger partial charge in [0.05, 0.1) is 44.1 Å². The zero-order chi connectivity index (χ0) is 74.8. The quantitative estimate of drug-likeness (QED) is 0.0757. The third kappa shape index (κ3) is 14.8. The second kappa shape index (κ2) is 29.9. The average Bonchev–Trinajstić information content (AvgIpc) is 1.24. The van der Waals surface area contributed by atoms with Gasteiger partial charge in [0, 0.05) is 136 Å². The second-order valence-corrected chi connectivity index (χ2v) is 26.7. The molecule has 3 aliphatic rings. The SMILES string of the molecule is CCn1cc(-c2ccc(F)c(N3CCN(c4ccc(F)c(Cl)c4)C3=O)c2)c(-c2ccnc(N)n2)n1.CCn1cc(-c2ccc(F)c(N3CCN(c4ccc(F)cc4)C3=O)c2)c(-c2ccnc(N)n2)n1.CCn1cc(-c2ccc(F)c(N3CCN(c4ccc(S(C)(=O)=O)cc4)C3=O)c2)c(-c2ccnc(N)n2)n1. The largest absolute Gasteiger partial charge is 0.368 e. The lowest BCUT2D eigenvalue weighted by Gasteiger charge is -2.20. The van der Waals surface area contributed by atoms with Crippen molar-refractivity contribution in [1.29, 1.82) is 0 Å². The number of aryl methyl sites for hydroxylation is 3. The maximum atomic E-state index is 15.0. The molecule has 9 heterocycles. The van der Waals surface area contributed by atoms with E-state index < -0.39 is 45.2 Å². The highest BCUT2D eigenvalue weighted by atomic mass is 35.5. The van der Waals surface area contributed by atoms with E-state index in [0.717, 1.165) is 11.8 Å². The number of rotatable bonds is 16. The maximum absolute atomic E-state index is 15.0. The van der Waals surface area contributed by atoms with Crippen LogP contribution in [0.4, 0.5) is 88.3 Å². The number of nitrogens with two attached hydrogens (primary N) is 3. The summed E-state index contributed by atoms with van der Waals surface area (Å²) in [5.41, 5.74) is 26.7. The van der Waals surface area contributed by atoms with Crippen LogP contribution in [0.5, 0.6) is 0 Å². The summed E-state index contributed by atoms with van der Waals surface area (Å²) in [6.45, 7) is 9.47. The first-order valence-corrected chi connectivity index (χ1v) is 35.4. The summed E-state index contributed by atoms with van der Waals surface area (Å²) < 4.78 is 101. The monoisotopic (exact) mass is 1480 g/mol. The van der Waals surface area contributed by atoms with Crippen LogP contribution in [0.25, 0.3) is 67.5 Å². The van der Waals surface area contributed by atoms with Gasteiger partial charge in [-0.05, 0) is 159 Å². The molecule has 540 valence electrons. The van der Waals surface area contributed by atoms with Gasteiger partial charge in [-0.1, -0.05) is 29.8 Å². The highest BCUT2D eigenvalue weighted by Crippen LogP contribution is 2.40. The van der Waals surface area contributed by atoms with E-state index >= 15 is 4.39 Å². The molecule has 0 spiro atoms. The Kier molecular flexibility index (Phi) is 20.2. The van der Waals surface area contributed by atoms with Crippen molar-refractivity contribution in [2.75, 3.05) is 92.1 Å². The number of carbonyl (C=O) groups is 3. The van der Waals surface area contributed by atoms with Crippen molar-refractivity contribution in [1.82, 2.24) is 59.2 Å². The van der Waals surface area contributed by atoms with Crippen LogP contribution in [0.2, 0.25) is 5.02 Å². The molecule has 0 unspecified atom stereocenters. The van der Waals surface area contributed by atoms with E-state index in [2.05, 4.69) is 45.2 Å². The normalized spacial score (nSPS) is 13.8. The average molecular weight is 1480 g/mol. The third-order valence-electron chi connectivity index (χ3n) is 17.6. The summed E-state index contributed by atoms with van der Waals surface area (Å²) in [6.07, 6.45) is 11.3. The van der Waals surface area contributed by atoms with Crippen LogP contribution in [0, 0.1) is 29.1 Å². The van der Waals surface area contributed by atoms with Crippen molar-refractivity contribution < 1.29 is 44.8 Å². The number of urea groups is 3. The molecule has 3 saturated heterocycles. The summed E-state index contributed by atoms with van der Waals surface area (Å²) in [6, 6.07) is 33.3. The number of hydrogen-bond acceptors (Lipinski definition) is 17. The lowest BCUT2D eigenvalue weighted by Crippen LogP contribution is -2.32. The Morgan fingerprint density at radius 1 is 0.406 bits per heavy atom. The van der Waals surface area contributed by atoms with Gasteiger partial charge in [-0.3, -0.25) is 43.4 Å². The number of anilines is 9. The predicted molar refractivity (Wildman–Crippen MR) is 394 cm³/mol. The van der Waals surface area contributed by atoms with E-state index in [9.17, 15) is 40.4 Å². The highest BCUT2D eigenvalue weighted by molar-refractivity contribution is 7.90. The summed E-state index contributed by atoms with van der Waals surface area (Å²) in [4.78, 5) is 72.9. The van der Waals surface area contributed by atoms with E-state index in [0.29, 0.717) is 125 Å². The van der Waals surface area contributed by atoms with Crippen molar-refractivity contribution in [3.05, 3.63) is 211 Å². The molecule has 6 N–H and O–H groups in total. The summed E-state index contributed by atoms with van der Waals surface area (Å²) >= 11 is 5.88. The fraction of sp³-hybridized carbons (Fsp3) is 0.178. The Morgan fingerprint density at radius 2 is 0.717 bits per heavy atom. The van der Waals surface area contributed by atoms with Gasteiger partial charge >= 0.3 is 18.1 Å². The van der Waals surface area contributed by atoms with Crippen LogP contribution in [0.1, 0.15) is 20.8 Å². The zero-order valence-corrected chi connectivity index (χ0v) is 58.7. The molecule has 3 aliphatic heterocycles. The summed E-state index contributed by atoms with van der Waals surface area (Å²) in [5, 5.41) is 13.7. The molecule has 6 aromatic heterocycles. The van der Waals surface area contributed by atoms with Gasteiger partial charge in [0.2, 0.25) is 17.8 Å². The first-order valence-electron chi connectivity index (χ1n) is 33.1. The molecule has 6 aromatic carbocycles. The van der Waals surface area contributed by atoms with Crippen LogP contribution in [-0.2, 0) is 29.5 Å². The van der Waals surface area contributed by atoms with E-state index in [1.54, 1.807) is 99.4 Å². The minimum Gasteiger partial charge on any atom is -0.368 e. The van der Waals surface area contributed by atoms with Crippen LogP contribution in [0.15, 0.2) is 182 Å². The Balaban J connectivity index is 0.000000141. The van der Waals surface area contributed by atoms with Crippen LogP contribution >= 0.6 is 11.6 Å². The van der Waals surface area contributed by atoms with Crippen LogP contribution < -0.4 is 46.6 Å². The number of hydrogen-bond donors (Lipinski definition) is 3. The molecule has 0 aliphatic carbocycles. The van der Waals surface area contributed by atoms with Crippen molar-refractivity contribution in [2.24, 2.45) is 0 Å². The number of nitrogen functional groups attached to an aromatic ring is 3. The van der Waals surface area contributed by atoms with E-state index in [1.165, 1.54) is 102 Å². The van der Waals surface area contributed by atoms with Gasteiger partial charge < -0.3 is 17.2 Å². The summed E-state index contributed by atoms with van der Waals surface area (Å²) in [7, 11) is -3.36. The van der Waals surface area contributed by atoms with Gasteiger partial charge in [0.25, 0.3) is 0 Å². The molecular weight excluding hydrogens is 1410 g/mol. The van der Waals surface area contributed by atoms with E-state index in [-0.39, 0.29) is 69.8 Å². The minimum absolute atomic E-state index is 0.0900. The number of sulfone groups is 1. The highest BCUT2D eigenvalue weighted by Gasteiger charge is 2.36. The number of aromatic nitrogens is 12. The molecule has 0 atom stereocenters. The van der Waals surface area contributed by atoms with Crippen molar-refractivity contribution in [2.45, 2.75) is 45.3 Å². The molecule has 26 nitrogen and oxygen atoms in total. The molecule has 0 radical (unpaired) electrons. The fourth-order valence-electron chi connectivity index (χ4n) is 12.3. The Morgan fingerprint density at radius 3 is 1.04 bits per heavy atom. The summed E-state index contributed by atoms with van der Waals surface area (Å²) in [5.74, 6) is -2.22. The van der Waals surface area contributed by atoms with Crippen LogP contribution in [0.3, 0.4) is 0 Å². The fourth-order valence-corrected chi connectivity index (χ4v) is 13.1. The van der Waals surface area contributed by atoms with Gasteiger partial charge in [-0.25, -0.2) is 74.7 Å².